The van der Waals surface area contributed by atoms with Gasteiger partial charge < -0.3 is 9.47 Å². The van der Waals surface area contributed by atoms with E-state index in [9.17, 15) is 0 Å². The summed E-state index contributed by atoms with van der Waals surface area (Å²) in [6, 6.07) is 31.3. The molecule has 3 heteroatoms. The minimum absolute atomic E-state index is 0.940. The van der Waals surface area contributed by atoms with Crippen LogP contribution in [0, 0.1) is 0 Å². The molecular formula is C25H23N3. The molecule has 0 saturated carbocycles. The predicted molar refractivity (Wildman–Crippen MR) is 119 cm³/mol. The molecule has 0 aliphatic rings. The molecule has 0 amide bonds. The van der Waals surface area contributed by atoms with Crippen LogP contribution >= 0.6 is 0 Å². The van der Waals surface area contributed by atoms with E-state index in [0.29, 0.717) is 0 Å². The van der Waals surface area contributed by atoms with Crippen LogP contribution in [0.3, 0.4) is 0 Å². The van der Waals surface area contributed by atoms with Crippen molar-refractivity contribution in [3.63, 3.8) is 0 Å². The van der Waals surface area contributed by atoms with Gasteiger partial charge in [0.1, 0.15) is 0 Å². The third-order valence-electron chi connectivity index (χ3n) is 4.74. The lowest BCUT2D eigenvalue weighted by atomic mass is 10.1. The van der Waals surface area contributed by atoms with Crippen LogP contribution in [-0.2, 0) is 0 Å². The molecule has 0 atom stereocenters. The van der Waals surface area contributed by atoms with E-state index >= 15 is 0 Å². The lowest BCUT2D eigenvalue weighted by Gasteiger charge is -2.13. The molecule has 0 unspecified atom stereocenters. The van der Waals surface area contributed by atoms with Gasteiger partial charge in [0.2, 0.25) is 0 Å². The molecule has 0 saturated heterocycles. The highest BCUT2D eigenvalue weighted by Crippen LogP contribution is 2.23. The Kier molecular flexibility index (Phi) is 5.07. The summed E-state index contributed by atoms with van der Waals surface area (Å²) in [6.45, 7) is 0. The molecule has 0 radical (unpaired) electrons. The number of rotatable bonds is 5. The number of hydrogen-bond donors (Lipinski definition) is 0. The van der Waals surface area contributed by atoms with Crippen LogP contribution in [0.5, 0.6) is 0 Å². The third-order valence-corrected chi connectivity index (χ3v) is 4.74. The van der Waals surface area contributed by atoms with Crippen molar-refractivity contribution in [2.24, 2.45) is 4.99 Å². The van der Waals surface area contributed by atoms with Crippen LogP contribution in [0.15, 0.2) is 102 Å². The van der Waals surface area contributed by atoms with Gasteiger partial charge in [-0.25, -0.2) is 0 Å². The molecular weight excluding hydrogens is 342 g/mol. The van der Waals surface area contributed by atoms with Gasteiger partial charge in [-0.1, -0.05) is 42.5 Å². The van der Waals surface area contributed by atoms with Crippen LogP contribution in [0.4, 0.5) is 11.4 Å². The Bertz CT molecular complexity index is 1060. The number of hydrogen-bond acceptors (Lipinski definition) is 2. The van der Waals surface area contributed by atoms with Crippen molar-refractivity contribution in [3.05, 3.63) is 103 Å². The highest BCUT2D eigenvalue weighted by atomic mass is 15.1. The quantitative estimate of drug-likeness (QED) is 0.400. The van der Waals surface area contributed by atoms with Crippen molar-refractivity contribution < 1.29 is 0 Å². The zero-order valence-corrected chi connectivity index (χ0v) is 16.2. The normalized spacial score (nSPS) is 11.1. The maximum Gasteiger partial charge on any atom is 0.0639 e. The Morgan fingerprint density at radius 1 is 0.714 bits per heavy atom. The maximum atomic E-state index is 4.66. The lowest BCUT2D eigenvalue weighted by molar-refractivity contribution is 1.06. The van der Waals surface area contributed by atoms with Crippen molar-refractivity contribution in [2.75, 3.05) is 19.0 Å². The molecule has 1 heterocycles. The average Bonchev–Trinajstić information content (AvgIpc) is 3.22. The summed E-state index contributed by atoms with van der Waals surface area (Å²) in [7, 11) is 4.09. The molecule has 0 bridgehead atoms. The van der Waals surface area contributed by atoms with E-state index in [1.165, 1.54) is 16.8 Å². The van der Waals surface area contributed by atoms with E-state index < -0.39 is 0 Å². The minimum atomic E-state index is 0.940. The molecule has 4 aromatic rings. The Hall–Kier alpha value is -3.59. The van der Waals surface area contributed by atoms with Gasteiger partial charge in [-0.2, -0.15) is 0 Å². The Balaban J connectivity index is 1.54. The zero-order chi connectivity index (χ0) is 19.3. The fraction of sp³-hybridized carbons (Fsp3) is 0.0800. The molecule has 3 aromatic carbocycles. The van der Waals surface area contributed by atoms with Crippen molar-refractivity contribution in [1.82, 2.24) is 4.57 Å². The molecule has 0 fully saturated rings. The lowest BCUT2D eigenvalue weighted by Crippen LogP contribution is -2.08. The second-order valence-electron chi connectivity index (χ2n) is 6.88. The van der Waals surface area contributed by atoms with Gasteiger partial charge in [-0.15, -0.1) is 0 Å². The molecule has 0 spiro atoms. The summed E-state index contributed by atoms with van der Waals surface area (Å²) in [5.74, 6) is 0. The van der Waals surface area contributed by atoms with Crippen LogP contribution in [0.1, 0.15) is 5.69 Å². The third kappa shape index (κ3) is 3.89. The van der Waals surface area contributed by atoms with E-state index in [4.69, 9.17) is 0 Å². The van der Waals surface area contributed by atoms with Gasteiger partial charge in [0.25, 0.3) is 0 Å². The van der Waals surface area contributed by atoms with Gasteiger partial charge in [0.05, 0.1) is 17.6 Å². The van der Waals surface area contributed by atoms with Crippen molar-refractivity contribution in [2.45, 2.75) is 0 Å². The van der Waals surface area contributed by atoms with Crippen LogP contribution < -0.4 is 4.90 Å². The SMILES string of the molecule is CN(C)c1ccc(-n2cccc2C=Nc2ccc(-c3ccccc3)cc2)cc1. The fourth-order valence-corrected chi connectivity index (χ4v) is 3.16. The van der Waals surface area contributed by atoms with Crippen molar-refractivity contribution >= 4 is 17.6 Å². The second-order valence-corrected chi connectivity index (χ2v) is 6.88. The summed E-state index contributed by atoms with van der Waals surface area (Å²) in [5, 5.41) is 0. The zero-order valence-electron chi connectivity index (χ0n) is 16.2. The Morgan fingerprint density at radius 3 is 2.07 bits per heavy atom. The molecule has 0 aliphatic carbocycles. The minimum Gasteiger partial charge on any atom is -0.378 e. The van der Waals surface area contributed by atoms with Crippen LogP contribution in [0.2, 0.25) is 0 Å². The number of nitrogens with zero attached hydrogens (tertiary/aromatic N) is 3. The van der Waals surface area contributed by atoms with Crippen molar-refractivity contribution in [3.8, 4) is 16.8 Å². The van der Waals surface area contributed by atoms with E-state index in [2.05, 4.69) is 99.5 Å². The van der Waals surface area contributed by atoms with Gasteiger partial charge >= 0.3 is 0 Å². The van der Waals surface area contributed by atoms with Crippen LogP contribution in [-0.4, -0.2) is 24.9 Å². The first-order valence-corrected chi connectivity index (χ1v) is 9.35. The number of aromatic nitrogens is 1. The predicted octanol–water partition coefficient (Wildman–Crippen LogP) is 5.96. The molecule has 4 rings (SSSR count). The monoisotopic (exact) mass is 365 g/mol. The van der Waals surface area contributed by atoms with E-state index in [1.807, 2.05) is 32.4 Å². The summed E-state index contributed by atoms with van der Waals surface area (Å²) >= 11 is 0. The first-order chi connectivity index (χ1) is 13.7. The largest absolute Gasteiger partial charge is 0.378 e. The molecule has 3 nitrogen and oxygen atoms in total. The Labute approximate surface area is 166 Å². The maximum absolute atomic E-state index is 4.66. The van der Waals surface area contributed by atoms with Crippen molar-refractivity contribution in [1.29, 1.82) is 0 Å². The van der Waals surface area contributed by atoms with Gasteiger partial charge in [0, 0.05) is 31.7 Å². The topological polar surface area (TPSA) is 20.5 Å². The average molecular weight is 365 g/mol. The van der Waals surface area contributed by atoms with Gasteiger partial charge in [-0.05, 0) is 59.7 Å². The highest BCUT2D eigenvalue weighted by Gasteiger charge is 2.03. The van der Waals surface area contributed by atoms with Gasteiger partial charge in [-0.3, -0.25) is 4.99 Å². The Morgan fingerprint density at radius 2 is 1.39 bits per heavy atom. The smallest absolute Gasteiger partial charge is 0.0639 e. The highest BCUT2D eigenvalue weighted by molar-refractivity contribution is 5.81. The summed E-state index contributed by atoms with van der Waals surface area (Å²) < 4.78 is 2.14. The number of benzene rings is 3. The first-order valence-electron chi connectivity index (χ1n) is 9.35. The van der Waals surface area contributed by atoms with Gasteiger partial charge in [0.15, 0.2) is 0 Å². The standard InChI is InChI=1S/C25H23N3/c1-27(2)23-14-16-24(17-15-23)28-18-6-9-25(28)19-26-22-12-10-21(11-13-22)20-7-4-3-5-8-20/h3-19H,1-2H3. The number of anilines is 1. The summed E-state index contributed by atoms with van der Waals surface area (Å²) in [6.07, 6.45) is 3.97. The second kappa shape index (κ2) is 7.97. The molecule has 1 aromatic heterocycles. The molecule has 138 valence electrons. The molecule has 0 aliphatic heterocycles. The van der Waals surface area contributed by atoms with Crippen LogP contribution in [0.25, 0.3) is 16.8 Å². The van der Waals surface area contributed by atoms with E-state index in [-0.39, 0.29) is 0 Å². The number of aliphatic imine (C=N–C) groups is 1. The molecule has 28 heavy (non-hydrogen) atoms. The summed E-state index contributed by atoms with van der Waals surface area (Å²) in [5.41, 5.74) is 6.71. The van der Waals surface area contributed by atoms with E-state index in [0.717, 1.165) is 17.1 Å². The summed E-state index contributed by atoms with van der Waals surface area (Å²) in [4.78, 5) is 6.76. The molecule has 0 N–H and O–H groups in total. The van der Waals surface area contributed by atoms with E-state index in [1.54, 1.807) is 0 Å². The fourth-order valence-electron chi connectivity index (χ4n) is 3.16. The first kappa shape index (κ1) is 17.8.